The van der Waals surface area contributed by atoms with Crippen molar-refractivity contribution >= 4 is 29.1 Å². The van der Waals surface area contributed by atoms with Crippen LogP contribution in [0.1, 0.15) is 10.6 Å². The molecule has 0 N–H and O–H groups in total. The summed E-state index contributed by atoms with van der Waals surface area (Å²) < 4.78 is 6.89. The molecule has 0 bridgehead atoms. The van der Waals surface area contributed by atoms with Gasteiger partial charge in [0.1, 0.15) is 12.1 Å². The Labute approximate surface area is 124 Å². The van der Waals surface area contributed by atoms with E-state index in [9.17, 15) is 4.79 Å². The van der Waals surface area contributed by atoms with Gasteiger partial charge in [-0.05, 0) is 30.3 Å². The maximum atomic E-state index is 12.1. The monoisotopic (exact) mass is 306 g/mol. The van der Waals surface area contributed by atoms with Crippen LogP contribution >= 0.6 is 23.2 Å². The van der Waals surface area contributed by atoms with Crippen LogP contribution in [0.4, 0.5) is 0 Å². The minimum atomic E-state index is -0.299. The zero-order valence-corrected chi connectivity index (χ0v) is 11.6. The number of furan rings is 1. The molecule has 0 atom stereocenters. The molecule has 0 aliphatic carbocycles. The second-order valence-electron chi connectivity index (χ2n) is 4.06. The fourth-order valence-corrected chi connectivity index (χ4v) is 2.17. The molecule has 0 amide bonds. The molecule has 20 heavy (non-hydrogen) atoms. The number of halogens is 2. The first-order chi connectivity index (χ1) is 9.65. The van der Waals surface area contributed by atoms with Crippen LogP contribution in [0.25, 0.3) is 11.3 Å². The second kappa shape index (κ2) is 5.15. The molecule has 0 spiro atoms. The first-order valence-corrected chi connectivity index (χ1v) is 6.48. The Morgan fingerprint density at radius 1 is 1.20 bits per heavy atom. The molecule has 0 saturated heterocycles. The highest BCUT2D eigenvalue weighted by Gasteiger charge is 2.15. The summed E-state index contributed by atoms with van der Waals surface area (Å²) in [5, 5.41) is 1.05. The topological polar surface area (TPSA) is 48.0 Å². The van der Waals surface area contributed by atoms with Crippen molar-refractivity contribution in [1.29, 1.82) is 0 Å². The third-order valence-electron chi connectivity index (χ3n) is 2.75. The smallest absolute Gasteiger partial charge is 0.298 e. The Kier molecular flexibility index (Phi) is 3.34. The molecular formula is C14H8Cl2N2O2. The number of benzene rings is 1. The number of hydrogen-bond acceptors (Lipinski definition) is 3. The molecule has 4 nitrogen and oxygen atoms in total. The predicted octanol–water partition coefficient (Wildman–Crippen LogP) is 4.14. The molecule has 0 fully saturated rings. The van der Waals surface area contributed by atoms with E-state index >= 15 is 0 Å². The molecule has 0 saturated carbocycles. The van der Waals surface area contributed by atoms with E-state index in [4.69, 9.17) is 27.6 Å². The summed E-state index contributed by atoms with van der Waals surface area (Å²) >= 11 is 12.0. The van der Waals surface area contributed by atoms with Gasteiger partial charge in [0.05, 0.1) is 5.02 Å². The molecule has 1 aromatic carbocycles. The van der Waals surface area contributed by atoms with Crippen LogP contribution < -0.4 is 0 Å². The maximum absolute atomic E-state index is 12.1. The predicted molar refractivity (Wildman–Crippen MR) is 76.1 cm³/mol. The highest BCUT2D eigenvalue weighted by Crippen LogP contribution is 2.31. The lowest BCUT2D eigenvalue weighted by Crippen LogP contribution is -2.08. The summed E-state index contributed by atoms with van der Waals surface area (Å²) in [5.74, 6) is 0.391. The van der Waals surface area contributed by atoms with E-state index in [0.717, 1.165) is 0 Å². The summed E-state index contributed by atoms with van der Waals surface area (Å²) in [6, 6.07) is 8.33. The molecular weight excluding hydrogens is 299 g/mol. The first kappa shape index (κ1) is 13.0. The Bertz CT molecular complexity index is 763. The molecule has 2 heterocycles. The number of imidazole rings is 1. The Hall–Kier alpha value is -2.04. The summed E-state index contributed by atoms with van der Waals surface area (Å²) in [4.78, 5) is 15.9. The van der Waals surface area contributed by atoms with E-state index < -0.39 is 0 Å². The van der Waals surface area contributed by atoms with Crippen LogP contribution in [0.2, 0.25) is 10.0 Å². The van der Waals surface area contributed by atoms with E-state index in [1.807, 2.05) is 0 Å². The summed E-state index contributed by atoms with van der Waals surface area (Å²) in [6.07, 6.45) is 4.49. The second-order valence-corrected chi connectivity index (χ2v) is 4.91. The lowest BCUT2D eigenvalue weighted by atomic mass is 10.2. The summed E-state index contributed by atoms with van der Waals surface area (Å²) in [7, 11) is 0. The summed E-state index contributed by atoms with van der Waals surface area (Å²) in [5.41, 5.74) is 0.642. The zero-order valence-electron chi connectivity index (χ0n) is 10.1. The zero-order chi connectivity index (χ0) is 14.1. The normalized spacial score (nSPS) is 10.7. The number of carbonyl (C=O) groups is 1. The number of hydrogen-bond donors (Lipinski definition) is 0. The number of carbonyl (C=O) groups excluding carboxylic acids is 1. The first-order valence-electron chi connectivity index (χ1n) is 5.73. The molecule has 0 radical (unpaired) electrons. The van der Waals surface area contributed by atoms with Crippen molar-refractivity contribution < 1.29 is 9.21 Å². The van der Waals surface area contributed by atoms with Crippen LogP contribution in [0, 0.1) is 0 Å². The standard InChI is InChI=1S/C14H8Cl2N2O2/c15-9-1-2-11(16)10(7-9)12-3-4-13(20-12)14(19)18-6-5-17-8-18/h1-8H. The highest BCUT2D eigenvalue weighted by molar-refractivity contribution is 6.35. The molecule has 3 rings (SSSR count). The van der Waals surface area contributed by atoms with Crippen LogP contribution in [0.3, 0.4) is 0 Å². The van der Waals surface area contributed by atoms with Crippen LogP contribution in [-0.2, 0) is 0 Å². The van der Waals surface area contributed by atoms with Gasteiger partial charge >= 0.3 is 0 Å². The van der Waals surface area contributed by atoms with Gasteiger partial charge in [0, 0.05) is 23.0 Å². The number of nitrogens with zero attached hydrogens (tertiary/aromatic N) is 2. The summed E-state index contributed by atoms with van der Waals surface area (Å²) in [6.45, 7) is 0. The maximum Gasteiger partial charge on any atom is 0.298 e. The molecule has 3 aromatic rings. The van der Waals surface area contributed by atoms with Gasteiger partial charge in [0.2, 0.25) is 0 Å². The fourth-order valence-electron chi connectivity index (χ4n) is 1.79. The van der Waals surface area contributed by atoms with E-state index in [1.165, 1.54) is 17.1 Å². The average molecular weight is 307 g/mol. The van der Waals surface area contributed by atoms with Gasteiger partial charge in [-0.15, -0.1) is 0 Å². The molecule has 0 unspecified atom stereocenters. The van der Waals surface area contributed by atoms with Crippen LogP contribution in [0.5, 0.6) is 0 Å². The SMILES string of the molecule is O=C(c1ccc(-c2cc(Cl)ccc2Cl)o1)n1ccnc1. The van der Waals surface area contributed by atoms with Crippen molar-refractivity contribution in [2.45, 2.75) is 0 Å². The Morgan fingerprint density at radius 2 is 2.05 bits per heavy atom. The Morgan fingerprint density at radius 3 is 2.80 bits per heavy atom. The van der Waals surface area contributed by atoms with Crippen LogP contribution in [-0.4, -0.2) is 15.5 Å². The third-order valence-corrected chi connectivity index (χ3v) is 3.31. The number of rotatable bonds is 2. The fraction of sp³-hybridized carbons (Fsp3) is 0. The van der Waals surface area contributed by atoms with Gasteiger partial charge in [-0.3, -0.25) is 9.36 Å². The third kappa shape index (κ3) is 2.35. The van der Waals surface area contributed by atoms with Crippen molar-refractivity contribution in [3.8, 4) is 11.3 Å². The van der Waals surface area contributed by atoms with Crippen molar-refractivity contribution in [2.75, 3.05) is 0 Å². The van der Waals surface area contributed by atoms with Gasteiger partial charge in [-0.25, -0.2) is 4.98 Å². The minimum Gasteiger partial charge on any atom is -0.451 e. The molecule has 0 aliphatic heterocycles. The van der Waals surface area contributed by atoms with Gasteiger partial charge in [0.25, 0.3) is 5.91 Å². The van der Waals surface area contributed by atoms with Gasteiger partial charge in [-0.2, -0.15) is 0 Å². The van der Waals surface area contributed by atoms with E-state index in [-0.39, 0.29) is 11.7 Å². The number of aromatic nitrogens is 2. The van der Waals surface area contributed by atoms with Crippen molar-refractivity contribution in [3.63, 3.8) is 0 Å². The molecule has 100 valence electrons. The Balaban J connectivity index is 1.98. The molecule has 6 heteroatoms. The van der Waals surface area contributed by atoms with Crippen molar-refractivity contribution in [2.24, 2.45) is 0 Å². The van der Waals surface area contributed by atoms with E-state index in [2.05, 4.69) is 4.98 Å². The minimum absolute atomic E-state index is 0.203. The van der Waals surface area contributed by atoms with E-state index in [0.29, 0.717) is 21.4 Å². The van der Waals surface area contributed by atoms with Gasteiger partial charge < -0.3 is 4.42 Å². The average Bonchev–Trinajstić information content (AvgIpc) is 3.11. The van der Waals surface area contributed by atoms with Crippen molar-refractivity contribution in [3.05, 3.63) is 64.9 Å². The molecule has 0 aliphatic rings. The van der Waals surface area contributed by atoms with Crippen molar-refractivity contribution in [1.82, 2.24) is 9.55 Å². The van der Waals surface area contributed by atoms with E-state index in [1.54, 1.807) is 36.5 Å². The quantitative estimate of drug-likeness (QED) is 0.715. The lowest BCUT2D eigenvalue weighted by molar-refractivity contribution is 0.0933. The van der Waals surface area contributed by atoms with Gasteiger partial charge in [0.15, 0.2) is 5.76 Å². The lowest BCUT2D eigenvalue weighted by Gasteiger charge is -2.01. The van der Waals surface area contributed by atoms with Gasteiger partial charge in [-0.1, -0.05) is 23.2 Å². The van der Waals surface area contributed by atoms with Crippen LogP contribution in [0.15, 0.2) is 53.5 Å². The highest BCUT2D eigenvalue weighted by atomic mass is 35.5. The largest absolute Gasteiger partial charge is 0.451 e. The molecule has 2 aromatic heterocycles.